The third-order valence-electron chi connectivity index (χ3n) is 8.58. The molecule has 3 aromatic rings. The van der Waals surface area contributed by atoms with Crippen LogP contribution in [0.25, 0.3) is 0 Å². The number of aromatic nitrogens is 3. The number of hydrogen-bond acceptors (Lipinski definition) is 4. The molecule has 2 fully saturated rings. The van der Waals surface area contributed by atoms with Crippen molar-refractivity contribution in [3.05, 3.63) is 81.4 Å². The summed E-state index contributed by atoms with van der Waals surface area (Å²) >= 11 is 6.60. The van der Waals surface area contributed by atoms with E-state index in [9.17, 15) is 18.4 Å². The first-order chi connectivity index (χ1) is 18.5. The van der Waals surface area contributed by atoms with Crippen LogP contribution in [-0.4, -0.2) is 44.4 Å². The van der Waals surface area contributed by atoms with Crippen molar-refractivity contribution in [2.24, 2.45) is 13.0 Å². The number of ketones is 1. The van der Waals surface area contributed by atoms with Crippen LogP contribution < -0.4 is 0 Å². The molecule has 206 valence electrons. The average molecular weight is 555 g/mol. The highest BCUT2D eigenvalue weighted by Crippen LogP contribution is 2.43. The van der Waals surface area contributed by atoms with E-state index in [1.165, 1.54) is 12.1 Å². The van der Waals surface area contributed by atoms with E-state index < -0.39 is 28.9 Å². The van der Waals surface area contributed by atoms with Crippen molar-refractivity contribution in [3.8, 4) is 0 Å². The van der Waals surface area contributed by atoms with Gasteiger partial charge in [-0.25, -0.2) is 13.8 Å². The number of Topliss-reactive ketones (excluding diaryl/α,β-unsaturated/α-hetero) is 1. The predicted molar refractivity (Wildman–Crippen MR) is 145 cm³/mol. The van der Waals surface area contributed by atoms with Crippen molar-refractivity contribution in [2.45, 2.75) is 63.7 Å². The molecule has 5 rings (SSSR count). The van der Waals surface area contributed by atoms with Gasteiger partial charge in [0.15, 0.2) is 0 Å². The summed E-state index contributed by atoms with van der Waals surface area (Å²) in [6, 6.07) is 7.55. The highest BCUT2D eigenvalue weighted by atomic mass is 35.5. The van der Waals surface area contributed by atoms with Crippen LogP contribution in [0, 0.1) is 24.5 Å². The number of carbonyl (C=O) groups excluding carboxylic acids is 2. The first-order valence-electron chi connectivity index (χ1n) is 13.4. The molecule has 0 radical (unpaired) electrons. The molecule has 2 aliphatic rings. The summed E-state index contributed by atoms with van der Waals surface area (Å²) in [4.78, 5) is 32.3. The summed E-state index contributed by atoms with van der Waals surface area (Å²) in [5.41, 5.74) is 3.09. The molecule has 9 heteroatoms. The van der Waals surface area contributed by atoms with Gasteiger partial charge in [0.2, 0.25) is 5.91 Å². The zero-order chi connectivity index (χ0) is 28.1. The smallest absolute Gasteiger partial charge is 0.226 e. The van der Waals surface area contributed by atoms with Gasteiger partial charge in [-0.3, -0.25) is 14.3 Å². The number of aryl methyl sites for hydroxylation is 2. The topological polar surface area (TPSA) is 68.1 Å². The van der Waals surface area contributed by atoms with E-state index in [0.29, 0.717) is 18.1 Å². The van der Waals surface area contributed by atoms with Crippen molar-refractivity contribution in [1.29, 1.82) is 0 Å². The summed E-state index contributed by atoms with van der Waals surface area (Å²) in [5.74, 6) is -1.75. The number of hydrogen-bond donors (Lipinski definition) is 0. The van der Waals surface area contributed by atoms with E-state index in [-0.39, 0.29) is 36.0 Å². The monoisotopic (exact) mass is 554 g/mol. The van der Waals surface area contributed by atoms with Crippen LogP contribution >= 0.6 is 11.6 Å². The number of likely N-dealkylation sites (tertiary alicyclic amines) is 1. The number of halogens is 3. The van der Waals surface area contributed by atoms with Gasteiger partial charge in [0.25, 0.3) is 0 Å². The largest absolute Gasteiger partial charge is 0.342 e. The number of benzene rings is 2. The highest BCUT2D eigenvalue weighted by molar-refractivity contribution is 6.31. The molecule has 1 aliphatic carbocycles. The van der Waals surface area contributed by atoms with E-state index in [1.54, 1.807) is 15.9 Å². The lowest BCUT2D eigenvalue weighted by molar-refractivity contribution is -0.137. The zero-order valence-electron chi connectivity index (χ0n) is 22.7. The number of nitrogens with zero attached hydrogens (tertiary/aromatic N) is 4. The van der Waals surface area contributed by atoms with Crippen molar-refractivity contribution < 1.29 is 18.4 Å². The highest BCUT2D eigenvalue weighted by Gasteiger charge is 2.43. The first kappa shape index (κ1) is 27.4. The summed E-state index contributed by atoms with van der Waals surface area (Å²) in [7, 11) is 1.88. The van der Waals surface area contributed by atoms with Gasteiger partial charge in [-0.15, -0.1) is 0 Å². The minimum Gasteiger partial charge on any atom is -0.342 e. The quantitative estimate of drug-likeness (QED) is 0.397. The van der Waals surface area contributed by atoms with Crippen molar-refractivity contribution in [3.63, 3.8) is 0 Å². The molecule has 1 saturated carbocycles. The molecule has 2 heterocycles. The van der Waals surface area contributed by atoms with Gasteiger partial charge in [-0.2, -0.15) is 5.10 Å². The number of amides is 1. The maximum Gasteiger partial charge on any atom is 0.226 e. The molecule has 1 amide bonds. The molecule has 1 aromatic heterocycles. The third kappa shape index (κ3) is 5.11. The van der Waals surface area contributed by atoms with E-state index in [4.69, 9.17) is 11.6 Å². The molecular weight excluding hydrogens is 522 g/mol. The van der Waals surface area contributed by atoms with E-state index >= 15 is 0 Å². The van der Waals surface area contributed by atoms with E-state index in [0.717, 1.165) is 41.4 Å². The Labute approximate surface area is 232 Å². The Morgan fingerprint density at radius 2 is 1.79 bits per heavy atom. The summed E-state index contributed by atoms with van der Waals surface area (Å²) in [5, 5.41) is 4.97. The van der Waals surface area contributed by atoms with Crippen LogP contribution in [0.5, 0.6) is 0 Å². The van der Waals surface area contributed by atoms with Crippen LogP contribution in [0.4, 0.5) is 8.78 Å². The van der Waals surface area contributed by atoms with Gasteiger partial charge in [-0.1, -0.05) is 23.7 Å². The molecule has 1 saturated heterocycles. The molecule has 1 aliphatic heterocycles. The molecule has 2 aromatic carbocycles. The fourth-order valence-corrected chi connectivity index (χ4v) is 6.62. The second-order valence-corrected chi connectivity index (χ2v) is 11.9. The lowest BCUT2D eigenvalue weighted by Gasteiger charge is -2.37. The van der Waals surface area contributed by atoms with Gasteiger partial charge in [0, 0.05) is 55.4 Å². The zero-order valence-corrected chi connectivity index (χ0v) is 23.4. The molecule has 2 atom stereocenters. The van der Waals surface area contributed by atoms with Crippen molar-refractivity contribution >= 4 is 23.3 Å². The van der Waals surface area contributed by atoms with Gasteiger partial charge < -0.3 is 4.90 Å². The van der Waals surface area contributed by atoms with E-state index in [1.807, 2.05) is 14.0 Å². The lowest BCUT2D eigenvalue weighted by Crippen LogP contribution is -2.42. The predicted octanol–water partition coefficient (Wildman–Crippen LogP) is 5.85. The van der Waals surface area contributed by atoms with Crippen molar-refractivity contribution in [1.82, 2.24) is 19.7 Å². The van der Waals surface area contributed by atoms with Crippen molar-refractivity contribution in [2.75, 3.05) is 13.1 Å². The number of piperidine rings is 1. The molecule has 39 heavy (non-hydrogen) atoms. The fourth-order valence-electron chi connectivity index (χ4n) is 6.45. The van der Waals surface area contributed by atoms with Crippen LogP contribution in [0.3, 0.4) is 0 Å². The maximum absolute atomic E-state index is 14.6. The van der Waals surface area contributed by atoms with Gasteiger partial charge in [0.1, 0.15) is 29.6 Å². The third-order valence-corrected chi connectivity index (χ3v) is 8.99. The second kappa shape index (κ2) is 10.5. The Bertz CT molecular complexity index is 1430. The Kier molecular flexibility index (Phi) is 7.35. The number of carbonyl (C=O) groups is 2. The molecule has 0 unspecified atom stereocenters. The average Bonchev–Trinajstić information content (AvgIpc) is 3.50. The Morgan fingerprint density at radius 3 is 2.44 bits per heavy atom. The summed E-state index contributed by atoms with van der Waals surface area (Å²) in [6.07, 6.45) is 3.22. The fraction of sp³-hybridized carbons (Fsp3) is 0.467. The lowest BCUT2D eigenvalue weighted by atomic mass is 9.75. The molecule has 0 spiro atoms. The first-order valence-corrected chi connectivity index (χ1v) is 13.8. The number of rotatable bonds is 5. The van der Waals surface area contributed by atoms with Gasteiger partial charge in [-0.05, 0) is 73.9 Å². The van der Waals surface area contributed by atoms with Crippen LogP contribution in [-0.2, 0) is 22.1 Å². The molecule has 0 N–H and O–H groups in total. The molecule has 0 bridgehead atoms. The minimum absolute atomic E-state index is 0.0677. The molecule has 6 nitrogen and oxygen atoms in total. The minimum atomic E-state index is -0.708. The Hall–Kier alpha value is -3.13. The van der Waals surface area contributed by atoms with Crippen LogP contribution in [0.2, 0.25) is 5.02 Å². The summed E-state index contributed by atoms with van der Waals surface area (Å²) in [6.45, 7) is 7.32. The summed E-state index contributed by atoms with van der Waals surface area (Å²) < 4.78 is 29.8. The van der Waals surface area contributed by atoms with Gasteiger partial charge >= 0.3 is 0 Å². The standard InChI is InChI=1S/C30H33ClF2N4O2/c1-17-11-25(30(2,3)29-34-16-35-36(29)4)22(15-26(17)31)18-7-9-37(10-8-18)28(39)24-14-20(38)13-23(24)21-6-5-19(32)12-27(21)33/h5-6,11-12,15-16,18,23-24H,7-10,13-14H2,1-4H3/t23-,24+/m0/s1. The van der Waals surface area contributed by atoms with E-state index in [2.05, 4.69) is 36.1 Å². The SMILES string of the molecule is Cc1cc(C(C)(C)c2ncnn2C)c(C2CCN(C(=O)[C@@H]3CC(=O)C[C@H]3c3ccc(F)cc3F)CC2)cc1Cl. The van der Waals surface area contributed by atoms with Gasteiger partial charge in [0.05, 0.1) is 5.92 Å². The maximum atomic E-state index is 14.6. The van der Waals surface area contributed by atoms with Crippen LogP contribution in [0.15, 0.2) is 36.7 Å². The Balaban J connectivity index is 1.36. The Morgan fingerprint density at radius 1 is 1.08 bits per heavy atom. The second-order valence-electron chi connectivity index (χ2n) is 11.4. The molecular formula is C30H33ClF2N4O2. The van der Waals surface area contributed by atoms with Crippen LogP contribution in [0.1, 0.15) is 79.4 Å². The normalized spacial score (nSPS) is 20.6.